The van der Waals surface area contributed by atoms with E-state index in [1.807, 2.05) is 13.0 Å². The summed E-state index contributed by atoms with van der Waals surface area (Å²) in [5, 5.41) is 0.585. The SMILES string of the molecule is CCCCCCCC/C=C(/CBr)C(=O)OCC. The molecular formula is C14H25BrO2. The summed E-state index contributed by atoms with van der Waals surface area (Å²) >= 11 is 3.32. The van der Waals surface area contributed by atoms with Crippen LogP contribution < -0.4 is 0 Å². The van der Waals surface area contributed by atoms with Crippen molar-refractivity contribution in [3.8, 4) is 0 Å². The highest BCUT2D eigenvalue weighted by atomic mass is 79.9. The van der Waals surface area contributed by atoms with Gasteiger partial charge in [0.2, 0.25) is 0 Å². The van der Waals surface area contributed by atoms with Gasteiger partial charge in [-0.05, 0) is 19.8 Å². The van der Waals surface area contributed by atoms with E-state index in [-0.39, 0.29) is 5.97 Å². The minimum Gasteiger partial charge on any atom is -0.463 e. The van der Waals surface area contributed by atoms with Crippen molar-refractivity contribution in [2.24, 2.45) is 0 Å². The zero-order chi connectivity index (χ0) is 12.9. The molecule has 0 saturated heterocycles. The van der Waals surface area contributed by atoms with Crippen molar-refractivity contribution in [2.75, 3.05) is 11.9 Å². The lowest BCUT2D eigenvalue weighted by Crippen LogP contribution is -2.08. The van der Waals surface area contributed by atoms with E-state index in [0.717, 1.165) is 12.0 Å². The number of carbonyl (C=O) groups excluding carboxylic acids is 1. The second kappa shape index (κ2) is 12.2. The van der Waals surface area contributed by atoms with Crippen LogP contribution in [0, 0.1) is 0 Å². The molecule has 0 aromatic rings. The lowest BCUT2D eigenvalue weighted by Gasteiger charge is -2.03. The normalized spacial score (nSPS) is 11.6. The fourth-order valence-corrected chi connectivity index (χ4v) is 2.08. The summed E-state index contributed by atoms with van der Waals surface area (Å²) in [5.74, 6) is -0.185. The predicted octanol–water partition coefficient (Wildman–Crippen LogP) is 4.62. The Morgan fingerprint density at radius 3 is 2.35 bits per heavy atom. The van der Waals surface area contributed by atoms with Gasteiger partial charge in [0, 0.05) is 10.9 Å². The van der Waals surface area contributed by atoms with E-state index in [2.05, 4.69) is 22.9 Å². The molecule has 0 aliphatic heterocycles. The van der Waals surface area contributed by atoms with Crippen molar-refractivity contribution in [1.29, 1.82) is 0 Å². The van der Waals surface area contributed by atoms with Crippen LogP contribution in [0.4, 0.5) is 0 Å². The summed E-state index contributed by atoms with van der Waals surface area (Å²) in [5.41, 5.74) is 0.750. The van der Waals surface area contributed by atoms with Crippen LogP contribution in [0.3, 0.4) is 0 Å². The van der Waals surface area contributed by atoms with Gasteiger partial charge in [-0.15, -0.1) is 0 Å². The van der Waals surface area contributed by atoms with E-state index >= 15 is 0 Å². The summed E-state index contributed by atoms with van der Waals surface area (Å²) in [6.07, 6.45) is 10.7. The Labute approximate surface area is 114 Å². The molecule has 0 aromatic carbocycles. The number of esters is 1. The molecule has 0 amide bonds. The van der Waals surface area contributed by atoms with Gasteiger partial charge in [0.05, 0.1) is 6.61 Å². The molecule has 0 aliphatic carbocycles. The highest BCUT2D eigenvalue weighted by Gasteiger charge is 2.07. The Balaban J connectivity index is 3.68. The van der Waals surface area contributed by atoms with Crippen LogP contribution >= 0.6 is 15.9 Å². The van der Waals surface area contributed by atoms with Gasteiger partial charge < -0.3 is 4.74 Å². The van der Waals surface area contributed by atoms with E-state index in [0.29, 0.717) is 11.9 Å². The zero-order valence-electron chi connectivity index (χ0n) is 11.1. The molecule has 0 aromatic heterocycles. The van der Waals surface area contributed by atoms with E-state index in [1.165, 1.54) is 38.5 Å². The first kappa shape index (κ1) is 16.7. The quantitative estimate of drug-likeness (QED) is 0.255. The molecule has 0 spiro atoms. The van der Waals surface area contributed by atoms with Gasteiger partial charge in [-0.1, -0.05) is 61.0 Å². The molecule has 0 bridgehead atoms. The third kappa shape index (κ3) is 9.40. The highest BCUT2D eigenvalue weighted by Crippen LogP contribution is 2.10. The van der Waals surface area contributed by atoms with E-state index < -0.39 is 0 Å². The molecule has 0 N–H and O–H groups in total. The average Bonchev–Trinajstić information content (AvgIpc) is 2.33. The topological polar surface area (TPSA) is 26.3 Å². The molecule has 0 atom stereocenters. The van der Waals surface area contributed by atoms with Gasteiger partial charge in [0.1, 0.15) is 0 Å². The van der Waals surface area contributed by atoms with Crippen molar-refractivity contribution in [1.82, 2.24) is 0 Å². The molecule has 0 heterocycles. The lowest BCUT2D eigenvalue weighted by atomic mass is 10.1. The van der Waals surface area contributed by atoms with Crippen LogP contribution in [0.1, 0.15) is 58.8 Å². The molecule has 2 nitrogen and oxygen atoms in total. The van der Waals surface area contributed by atoms with Crippen molar-refractivity contribution >= 4 is 21.9 Å². The Hall–Kier alpha value is -0.310. The third-order valence-corrected chi connectivity index (χ3v) is 3.23. The van der Waals surface area contributed by atoms with Crippen molar-refractivity contribution in [2.45, 2.75) is 58.8 Å². The number of alkyl halides is 1. The van der Waals surface area contributed by atoms with Crippen molar-refractivity contribution in [3.63, 3.8) is 0 Å². The summed E-state index contributed by atoms with van der Waals surface area (Å²) in [4.78, 5) is 11.5. The monoisotopic (exact) mass is 304 g/mol. The third-order valence-electron chi connectivity index (χ3n) is 2.63. The number of halogens is 1. The van der Waals surface area contributed by atoms with Gasteiger partial charge in [-0.25, -0.2) is 4.79 Å². The minimum absolute atomic E-state index is 0.185. The molecule has 0 unspecified atom stereocenters. The van der Waals surface area contributed by atoms with Crippen LogP contribution in [-0.2, 0) is 9.53 Å². The van der Waals surface area contributed by atoms with Crippen molar-refractivity contribution in [3.05, 3.63) is 11.6 Å². The van der Waals surface area contributed by atoms with Crippen molar-refractivity contribution < 1.29 is 9.53 Å². The van der Waals surface area contributed by atoms with E-state index in [4.69, 9.17) is 4.74 Å². The summed E-state index contributed by atoms with van der Waals surface area (Å²) in [7, 11) is 0. The van der Waals surface area contributed by atoms with Crippen LogP contribution in [0.5, 0.6) is 0 Å². The Morgan fingerprint density at radius 2 is 1.76 bits per heavy atom. The zero-order valence-corrected chi connectivity index (χ0v) is 12.7. The highest BCUT2D eigenvalue weighted by molar-refractivity contribution is 9.09. The standard InChI is InChI=1S/C14H25BrO2/c1-3-5-6-7-8-9-10-11-13(12-15)14(16)17-4-2/h11H,3-10,12H2,1-2H3/b13-11-. The molecule has 0 radical (unpaired) electrons. The van der Waals surface area contributed by atoms with Gasteiger partial charge >= 0.3 is 5.97 Å². The fourth-order valence-electron chi connectivity index (χ4n) is 1.62. The molecular weight excluding hydrogens is 280 g/mol. The predicted molar refractivity (Wildman–Crippen MR) is 76.5 cm³/mol. The first-order chi connectivity index (χ1) is 8.26. The van der Waals surface area contributed by atoms with Gasteiger partial charge in [-0.2, -0.15) is 0 Å². The van der Waals surface area contributed by atoms with Gasteiger partial charge in [0.25, 0.3) is 0 Å². The summed E-state index contributed by atoms with van der Waals surface area (Å²) < 4.78 is 4.97. The first-order valence-electron chi connectivity index (χ1n) is 6.68. The number of unbranched alkanes of at least 4 members (excludes halogenated alkanes) is 6. The second-order valence-electron chi connectivity index (χ2n) is 4.14. The largest absolute Gasteiger partial charge is 0.463 e. The minimum atomic E-state index is -0.185. The number of hydrogen-bond acceptors (Lipinski definition) is 2. The van der Waals surface area contributed by atoms with Crippen LogP contribution in [0.25, 0.3) is 0 Å². The summed E-state index contributed by atoms with van der Waals surface area (Å²) in [6.45, 7) is 4.50. The van der Waals surface area contributed by atoms with E-state index in [9.17, 15) is 4.79 Å². The van der Waals surface area contributed by atoms with E-state index in [1.54, 1.807) is 0 Å². The lowest BCUT2D eigenvalue weighted by molar-refractivity contribution is -0.138. The number of rotatable bonds is 10. The molecule has 3 heteroatoms. The number of allylic oxidation sites excluding steroid dienone is 1. The first-order valence-corrected chi connectivity index (χ1v) is 7.80. The second-order valence-corrected chi connectivity index (χ2v) is 4.70. The maximum atomic E-state index is 11.5. The summed E-state index contributed by atoms with van der Waals surface area (Å²) in [6, 6.07) is 0. The number of carbonyl (C=O) groups is 1. The smallest absolute Gasteiger partial charge is 0.334 e. The van der Waals surface area contributed by atoms with Crippen LogP contribution in [-0.4, -0.2) is 17.9 Å². The maximum Gasteiger partial charge on any atom is 0.334 e. The Kier molecular flexibility index (Phi) is 11.9. The molecule has 0 rings (SSSR count). The van der Waals surface area contributed by atoms with Crippen LogP contribution in [0.15, 0.2) is 11.6 Å². The number of hydrogen-bond donors (Lipinski definition) is 0. The average molecular weight is 305 g/mol. The molecule has 100 valence electrons. The molecule has 0 saturated carbocycles. The molecule has 0 fully saturated rings. The molecule has 0 aliphatic rings. The van der Waals surface area contributed by atoms with Crippen LogP contribution in [0.2, 0.25) is 0 Å². The Morgan fingerprint density at radius 1 is 1.12 bits per heavy atom. The van der Waals surface area contributed by atoms with Gasteiger partial charge in [-0.3, -0.25) is 0 Å². The number of ether oxygens (including phenoxy) is 1. The fraction of sp³-hybridized carbons (Fsp3) is 0.786. The molecule has 17 heavy (non-hydrogen) atoms. The Bertz CT molecular complexity index is 224. The maximum absolute atomic E-state index is 11.5. The van der Waals surface area contributed by atoms with Gasteiger partial charge in [0.15, 0.2) is 0 Å².